The number of nitrogens with zero attached hydrogens (tertiary/aromatic N) is 3. The molecule has 0 saturated heterocycles. The van der Waals surface area contributed by atoms with E-state index < -0.39 is 0 Å². The van der Waals surface area contributed by atoms with E-state index in [1.54, 1.807) is 0 Å². The summed E-state index contributed by atoms with van der Waals surface area (Å²) in [6, 6.07) is 0. The number of aryl methyl sites for hydroxylation is 3. The van der Waals surface area contributed by atoms with Gasteiger partial charge in [0.2, 0.25) is 0 Å². The SMILES string of the molecule is Cc1nc(N)c2nc(C)c(C(C)C)n2c1C. The fourth-order valence-electron chi connectivity index (χ4n) is 2.20. The molecule has 0 fully saturated rings. The van der Waals surface area contributed by atoms with Crippen LogP contribution < -0.4 is 5.73 Å². The third-order valence-corrected chi connectivity index (χ3v) is 3.02. The summed E-state index contributed by atoms with van der Waals surface area (Å²) in [5, 5.41) is 0. The summed E-state index contributed by atoms with van der Waals surface area (Å²) in [5.74, 6) is 0.938. The molecule has 0 unspecified atom stereocenters. The molecule has 0 radical (unpaired) electrons. The van der Waals surface area contributed by atoms with Crippen LogP contribution in [0.4, 0.5) is 5.82 Å². The molecule has 0 spiro atoms. The van der Waals surface area contributed by atoms with Gasteiger partial charge in [0.25, 0.3) is 0 Å². The summed E-state index contributed by atoms with van der Waals surface area (Å²) in [7, 11) is 0. The first-order chi connectivity index (χ1) is 7.43. The average Bonchev–Trinajstić information content (AvgIpc) is 2.53. The van der Waals surface area contributed by atoms with Crippen LogP contribution in [-0.2, 0) is 0 Å². The molecule has 0 amide bonds. The van der Waals surface area contributed by atoms with Crippen molar-refractivity contribution in [1.29, 1.82) is 0 Å². The van der Waals surface area contributed by atoms with Gasteiger partial charge < -0.3 is 5.73 Å². The van der Waals surface area contributed by atoms with Crippen molar-refractivity contribution in [2.24, 2.45) is 0 Å². The van der Waals surface area contributed by atoms with E-state index in [9.17, 15) is 0 Å². The second-order valence-electron chi connectivity index (χ2n) is 4.56. The normalized spacial score (nSPS) is 11.6. The first-order valence-corrected chi connectivity index (χ1v) is 5.55. The maximum Gasteiger partial charge on any atom is 0.180 e. The van der Waals surface area contributed by atoms with Crippen LogP contribution in [0.2, 0.25) is 0 Å². The fourth-order valence-corrected chi connectivity index (χ4v) is 2.20. The van der Waals surface area contributed by atoms with Crippen LogP contribution in [-0.4, -0.2) is 14.4 Å². The molecule has 16 heavy (non-hydrogen) atoms. The molecule has 2 rings (SSSR count). The predicted octanol–water partition coefficient (Wildman–Crippen LogP) is 2.36. The van der Waals surface area contributed by atoms with Crippen molar-refractivity contribution in [1.82, 2.24) is 14.4 Å². The Morgan fingerprint density at radius 2 is 1.69 bits per heavy atom. The highest BCUT2D eigenvalue weighted by atomic mass is 15.1. The quantitative estimate of drug-likeness (QED) is 0.799. The lowest BCUT2D eigenvalue weighted by Gasteiger charge is -2.11. The summed E-state index contributed by atoms with van der Waals surface area (Å²) in [5.41, 5.74) is 11.0. The Labute approximate surface area is 95.5 Å². The second-order valence-corrected chi connectivity index (χ2v) is 4.56. The molecule has 2 aromatic heterocycles. The fraction of sp³-hybridized carbons (Fsp3) is 0.500. The van der Waals surface area contributed by atoms with Crippen molar-refractivity contribution >= 4 is 11.5 Å². The van der Waals surface area contributed by atoms with Crippen molar-refractivity contribution in [3.63, 3.8) is 0 Å². The maximum absolute atomic E-state index is 5.91. The zero-order valence-electron chi connectivity index (χ0n) is 10.5. The summed E-state index contributed by atoms with van der Waals surface area (Å²) in [4.78, 5) is 8.82. The maximum atomic E-state index is 5.91. The van der Waals surface area contributed by atoms with Gasteiger partial charge in [-0.2, -0.15) is 0 Å². The molecule has 4 heteroatoms. The van der Waals surface area contributed by atoms with Crippen LogP contribution in [0, 0.1) is 20.8 Å². The molecule has 0 saturated carbocycles. The van der Waals surface area contributed by atoms with E-state index in [1.165, 1.54) is 5.69 Å². The molecule has 0 aliphatic heterocycles. The van der Waals surface area contributed by atoms with Gasteiger partial charge in [0.05, 0.1) is 11.4 Å². The Kier molecular flexibility index (Phi) is 2.37. The van der Waals surface area contributed by atoms with E-state index >= 15 is 0 Å². The van der Waals surface area contributed by atoms with E-state index in [1.807, 2.05) is 13.8 Å². The third kappa shape index (κ3) is 1.37. The number of fused-ring (bicyclic) bond motifs is 1. The monoisotopic (exact) mass is 218 g/mol. The third-order valence-electron chi connectivity index (χ3n) is 3.02. The standard InChI is InChI=1S/C12H18N4/c1-6(2)10-8(4)15-12-11(13)14-7(3)9(5)16(10)12/h6H,1-5H3,(H2,13,14). The van der Waals surface area contributed by atoms with Crippen molar-refractivity contribution in [2.45, 2.75) is 40.5 Å². The highest BCUT2D eigenvalue weighted by molar-refractivity contribution is 5.63. The molecule has 2 N–H and O–H groups in total. The number of nitrogens with two attached hydrogens (primary N) is 1. The van der Waals surface area contributed by atoms with E-state index in [0.29, 0.717) is 11.7 Å². The molecule has 0 bridgehead atoms. The molecule has 0 atom stereocenters. The smallest absolute Gasteiger partial charge is 0.180 e. The van der Waals surface area contributed by atoms with Crippen molar-refractivity contribution in [3.05, 3.63) is 22.8 Å². The van der Waals surface area contributed by atoms with Gasteiger partial charge in [-0.1, -0.05) is 13.8 Å². The molecule has 86 valence electrons. The lowest BCUT2D eigenvalue weighted by molar-refractivity contribution is 0.784. The Bertz CT molecular complexity index is 552. The summed E-state index contributed by atoms with van der Waals surface area (Å²) >= 11 is 0. The summed E-state index contributed by atoms with van der Waals surface area (Å²) in [6.07, 6.45) is 0. The summed E-state index contributed by atoms with van der Waals surface area (Å²) in [6.45, 7) is 10.4. The number of imidazole rings is 1. The van der Waals surface area contributed by atoms with Crippen LogP contribution in [0.1, 0.15) is 42.5 Å². The Hall–Kier alpha value is -1.58. The van der Waals surface area contributed by atoms with Gasteiger partial charge in [-0.25, -0.2) is 9.97 Å². The van der Waals surface area contributed by atoms with Gasteiger partial charge in [0.15, 0.2) is 11.5 Å². The van der Waals surface area contributed by atoms with Crippen LogP contribution in [0.15, 0.2) is 0 Å². The van der Waals surface area contributed by atoms with Crippen LogP contribution in [0.5, 0.6) is 0 Å². The predicted molar refractivity (Wildman–Crippen MR) is 65.7 cm³/mol. The van der Waals surface area contributed by atoms with Crippen LogP contribution in [0.3, 0.4) is 0 Å². The van der Waals surface area contributed by atoms with Gasteiger partial charge in [0.1, 0.15) is 0 Å². The number of nitrogen functional groups attached to an aromatic ring is 1. The van der Waals surface area contributed by atoms with Gasteiger partial charge in [-0.15, -0.1) is 0 Å². The minimum atomic E-state index is 0.426. The topological polar surface area (TPSA) is 56.2 Å². The van der Waals surface area contributed by atoms with Gasteiger partial charge in [0, 0.05) is 11.4 Å². The Balaban J connectivity index is 2.97. The highest BCUT2D eigenvalue weighted by Crippen LogP contribution is 2.25. The van der Waals surface area contributed by atoms with Gasteiger partial charge >= 0.3 is 0 Å². The molecule has 0 aliphatic rings. The van der Waals surface area contributed by atoms with E-state index in [-0.39, 0.29) is 0 Å². The minimum Gasteiger partial charge on any atom is -0.381 e. The zero-order chi connectivity index (χ0) is 12.0. The second kappa shape index (κ2) is 3.47. The van der Waals surface area contributed by atoms with Crippen molar-refractivity contribution < 1.29 is 0 Å². The van der Waals surface area contributed by atoms with Crippen LogP contribution >= 0.6 is 0 Å². The number of anilines is 1. The number of hydrogen-bond acceptors (Lipinski definition) is 3. The number of hydrogen-bond donors (Lipinski definition) is 1. The van der Waals surface area contributed by atoms with Gasteiger partial charge in [-0.05, 0) is 26.7 Å². The average molecular weight is 218 g/mol. The molecular formula is C12H18N4. The van der Waals surface area contributed by atoms with Crippen molar-refractivity contribution in [3.8, 4) is 0 Å². The number of rotatable bonds is 1. The largest absolute Gasteiger partial charge is 0.381 e. The molecule has 2 aromatic rings. The lowest BCUT2D eigenvalue weighted by Crippen LogP contribution is -2.06. The molecule has 4 nitrogen and oxygen atoms in total. The van der Waals surface area contributed by atoms with Crippen LogP contribution in [0.25, 0.3) is 5.65 Å². The van der Waals surface area contributed by atoms with Gasteiger partial charge in [-0.3, -0.25) is 4.40 Å². The minimum absolute atomic E-state index is 0.426. The molecule has 0 aliphatic carbocycles. The summed E-state index contributed by atoms with van der Waals surface area (Å²) < 4.78 is 2.14. The molecule has 2 heterocycles. The Morgan fingerprint density at radius 1 is 1.06 bits per heavy atom. The van der Waals surface area contributed by atoms with Crippen molar-refractivity contribution in [2.75, 3.05) is 5.73 Å². The number of aromatic nitrogens is 3. The van der Waals surface area contributed by atoms with E-state index in [0.717, 1.165) is 22.7 Å². The van der Waals surface area contributed by atoms with E-state index in [2.05, 4.69) is 35.1 Å². The molecular weight excluding hydrogens is 200 g/mol. The Morgan fingerprint density at radius 3 is 2.25 bits per heavy atom. The van der Waals surface area contributed by atoms with E-state index in [4.69, 9.17) is 5.73 Å². The lowest BCUT2D eigenvalue weighted by atomic mass is 10.1. The first kappa shape index (κ1) is 10.9. The zero-order valence-corrected chi connectivity index (χ0v) is 10.5. The molecule has 0 aromatic carbocycles. The first-order valence-electron chi connectivity index (χ1n) is 5.55. The highest BCUT2D eigenvalue weighted by Gasteiger charge is 2.17.